The zero-order valence-corrected chi connectivity index (χ0v) is 9.12. The van der Waals surface area contributed by atoms with E-state index in [4.69, 9.17) is 0 Å². The number of hydrogen-bond acceptors (Lipinski definition) is 3. The van der Waals surface area contributed by atoms with Gasteiger partial charge in [0.15, 0.2) is 0 Å². The number of anilines is 1. The van der Waals surface area contributed by atoms with Crippen molar-refractivity contribution >= 4 is 17.6 Å². The first-order chi connectivity index (χ1) is 8.20. The first kappa shape index (κ1) is 9.77. The summed E-state index contributed by atoms with van der Waals surface area (Å²) in [5.74, 6) is -0.111. The fraction of sp³-hybridized carbons (Fsp3) is 0.0833. The van der Waals surface area contributed by atoms with Crippen molar-refractivity contribution in [2.75, 3.05) is 4.90 Å². The molecule has 0 spiro atoms. The molecule has 5 heteroatoms. The highest BCUT2D eigenvalue weighted by atomic mass is 16.2. The smallest absolute Gasteiger partial charge is 0.267 e. The maximum Gasteiger partial charge on any atom is 0.267 e. The van der Waals surface area contributed by atoms with Crippen molar-refractivity contribution in [3.63, 3.8) is 0 Å². The van der Waals surface area contributed by atoms with Crippen molar-refractivity contribution in [1.82, 2.24) is 9.55 Å². The summed E-state index contributed by atoms with van der Waals surface area (Å²) >= 11 is 0. The van der Waals surface area contributed by atoms with E-state index >= 15 is 0 Å². The Morgan fingerprint density at radius 3 is 2.12 bits per heavy atom. The molecule has 0 fully saturated rings. The third kappa shape index (κ3) is 1.22. The quantitative estimate of drug-likeness (QED) is 0.688. The number of hydrogen-bond donors (Lipinski definition) is 0. The monoisotopic (exact) mass is 227 g/mol. The van der Waals surface area contributed by atoms with E-state index < -0.39 is 0 Å². The molecule has 2 amide bonds. The molecule has 2 heterocycles. The molecule has 5 nitrogen and oxygen atoms in total. The molecule has 0 saturated heterocycles. The zero-order chi connectivity index (χ0) is 12.0. The summed E-state index contributed by atoms with van der Waals surface area (Å²) in [6, 6.07) is 6.81. The lowest BCUT2D eigenvalue weighted by Crippen LogP contribution is -2.30. The van der Waals surface area contributed by atoms with E-state index in [2.05, 4.69) is 4.98 Å². The molecular weight excluding hydrogens is 218 g/mol. The van der Waals surface area contributed by atoms with E-state index in [0.717, 1.165) is 4.90 Å². The summed E-state index contributed by atoms with van der Waals surface area (Å²) in [6.45, 7) is 0. The van der Waals surface area contributed by atoms with Crippen LogP contribution in [0.1, 0.15) is 20.7 Å². The van der Waals surface area contributed by atoms with Crippen molar-refractivity contribution in [3.8, 4) is 0 Å². The predicted molar refractivity (Wildman–Crippen MR) is 60.8 cm³/mol. The van der Waals surface area contributed by atoms with Gasteiger partial charge in [0, 0.05) is 7.05 Å². The number of amides is 2. The van der Waals surface area contributed by atoms with Gasteiger partial charge in [-0.25, -0.2) is 9.88 Å². The lowest BCUT2D eigenvalue weighted by Gasteiger charge is -2.13. The summed E-state index contributed by atoms with van der Waals surface area (Å²) in [6.07, 6.45) is 3.06. The van der Waals surface area contributed by atoms with Crippen LogP contribution in [-0.2, 0) is 7.05 Å². The molecule has 0 atom stereocenters. The van der Waals surface area contributed by atoms with Gasteiger partial charge in [-0.05, 0) is 12.1 Å². The topological polar surface area (TPSA) is 55.2 Å². The van der Waals surface area contributed by atoms with Gasteiger partial charge in [-0.15, -0.1) is 0 Å². The van der Waals surface area contributed by atoms with Crippen molar-refractivity contribution in [3.05, 3.63) is 47.9 Å². The average molecular weight is 227 g/mol. The summed E-state index contributed by atoms with van der Waals surface area (Å²) in [4.78, 5) is 29.3. The Bertz CT molecular complexity index is 595. The van der Waals surface area contributed by atoms with Gasteiger partial charge >= 0.3 is 0 Å². The van der Waals surface area contributed by atoms with Gasteiger partial charge in [-0.2, -0.15) is 0 Å². The van der Waals surface area contributed by atoms with E-state index in [1.807, 2.05) is 0 Å². The molecular formula is C12H9N3O2. The van der Waals surface area contributed by atoms with Gasteiger partial charge in [-0.3, -0.25) is 9.59 Å². The SMILES string of the molecule is Cn1cncc1N1C(=O)c2ccccc2C1=O. The lowest BCUT2D eigenvalue weighted by atomic mass is 10.1. The molecule has 0 N–H and O–H groups in total. The fourth-order valence-corrected chi connectivity index (χ4v) is 1.96. The number of imide groups is 1. The van der Waals surface area contributed by atoms with Crippen molar-refractivity contribution in [2.24, 2.45) is 7.05 Å². The van der Waals surface area contributed by atoms with Crippen molar-refractivity contribution in [2.45, 2.75) is 0 Å². The van der Waals surface area contributed by atoms with Gasteiger partial charge in [0.1, 0.15) is 5.82 Å². The van der Waals surface area contributed by atoms with E-state index in [1.165, 1.54) is 6.20 Å². The first-order valence-corrected chi connectivity index (χ1v) is 5.14. The number of carbonyl (C=O) groups is 2. The third-order valence-corrected chi connectivity index (χ3v) is 2.81. The Kier molecular flexibility index (Phi) is 1.89. The van der Waals surface area contributed by atoms with Crippen LogP contribution >= 0.6 is 0 Å². The summed E-state index contributed by atoms with van der Waals surface area (Å²) in [7, 11) is 1.74. The van der Waals surface area contributed by atoms with Gasteiger partial charge in [-0.1, -0.05) is 12.1 Å². The number of aryl methyl sites for hydroxylation is 1. The minimum Gasteiger partial charge on any atom is -0.320 e. The second kappa shape index (κ2) is 3.28. The highest BCUT2D eigenvalue weighted by Crippen LogP contribution is 2.27. The molecule has 0 aliphatic carbocycles. The molecule has 84 valence electrons. The molecule has 1 aromatic heterocycles. The van der Waals surface area contributed by atoms with Crippen molar-refractivity contribution in [1.29, 1.82) is 0 Å². The lowest BCUT2D eigenvalue weighted by molar-refractivity contribution is 0.0924. The molecule has 1 aliphatic rings. The maximum absolute atomic E-state index is 12.1. The Hall–Kier alpha value is -2.43. The average Bonchev–Trinajstić information content (AvgIpc) is 2.84. The number of carbonyl (C=O) groups excluding carboxylic acids is 2. The summed E-state index contributed by atoms with van der Waals surface area (Å²) in [5, 5.41) is 0. The van der Waals surface area contributed by atoms with Gasteiger partial charge in [0.2, 0.25) is 0 Å². The van der Waals surface area contributed by atoms with Crippen LogP contribution in [0.15, 0.2) is 36.8 Å². The second-order valence-corrected chi connectivity index (χ2v) is 3.85. The van der Waals surface area contributed by atoms with Crippen LogP contribution in [0, 0.1) is 0 Å². The number of nitrogens with zero attached hydrogens (tertiary/aromatic N) is 3. The second-order valence-electron chi connectivity index (χ2n) is 3.85. The van der Waals surface area contributed by atoms with Crippen LogP contribution < -0.4 is 4.90 Å². The third-order valence-electron chi connectivity index (χ3n) is 2.81. The maximum atomic E-state index is 12.1. The minimum atomic E-state index is -0.297. The van der Waals surface area contributed by atoms with E-state index in [9.17, 15) is 9.59 Å². The Labute approximate surface area is 97.3 Å². The van der Waals surface area contributed by atoms with E-state index in [1.54, 1.807) is 42.2 Å². The highest BCUT2D eigenvalue weighted by Gasteiger charge is 2.37. The van der Waals surface area contributed by atoms with Crippen molar-refractivity contribution < 1.29 is 9.59 Å². The molecule has 2 aromatic rings. The van der Waals surface area contributed by atoms with Gasteiger partial charge in [0.25, 0.3) is 11.8 Å². The molecule has 0 radical (unpaired) electrons. The van der Waals surface area contributed by atoms with Gasteiger partial charge < -0.3 is 4.57 Å². The van der Waals surface area contributed by atoms with E-state index in [0.29, 0.717) is 16.9 Å². The van der Waals surface area contributed by atoms with Crippen LogP contribution in [0.4, 0.5) is 5.82 Å². The molecule has 1 aliphatic heterocycles. The molecule has 0 bridgehead atoms. The Balaban J connectivity index is 2.16. The van der Waals surface area contributed by atoms with Gasteiger partial charge in [0.05, 0.1) is 23.7 Å². The number of aromatic nitrogens is 2. The number of benzene rings is 1. The zero-order valence-electron chi connectivity index (χ0n) is 9.12. The predicted octanol–water partition coefficient (Wildman–Crippen LogP) is 1.22. The fourth-order valence-electron chi connectivity index (χ4n) is 1.96. The van der Waals surface area contributed by atoms with Crippen LogP contribution in [0.3, 0.4) is 0 Å². The van der Waals surface area contributed by atoms with Crippen LogP contribution in [-0.4, -0.2) is 21.4 Å². The summed E-state index contributed by atoms with van der Waals surface area (Å²) < 4.78 is 1.64. The standard InChI is InChI=1S/C12H9N3O2/c1-14-7-13-6-10(14)15-11(16)8-4-2-3-5-9(8)12(15)17/h2-7H,1H3. The molecule has 17 heavy (non-hydrogen) atoms. The van der Waals surface area contributed by atoms with Crippen LogP contribution in [0.2, 0.25) is 0 Å². The normalized spacial score (nSPS) is 14.3. The highest BCUT2D eigenvalue weighted by molar-refractivity contribution is 6.34. The molecule has 1 aromatic carbocycles. The minimum absolute atomic E-state index is 0.297. The molecule has 3 rings (SSSR count). The molecule has 0 unspecified atom stereocenters. The van der Waals surface area contributed by atoms with E-state index in [-0.39, 0.29) is 11.8 Å². The van der Waals surface area contributed by atoms with Crippen LogP contribution in [0.5, 0.6) is 0 Å². The summed E-state index contributed by atoms with van der Waals surface area (Å²) in [5.41, 5.74) is 0.886. The number of imidazole rings is 1. The number of fused-ring (bicyclic) bond motifs is 1. The number of rotatable bonds is 1. The largest absolute Gasteiger partial charge is 0.320 e. The Morgan fingerprint density at radius 2 is 1.65 bits per heavy atom. The first-order valence-electron chi connectivity index (χ1n) is 5.14. The Morgan fingerprint density at radius 1 is 1.06 bits per heavy atom. The molecule has 0 saturated carbocycles. The van der Waals surface area contributed by atoms with Crippen LogP contribution in [0.25, 0.3) is 0 Å².